The van der Waals surface area contributed by atoms with E-state index in [2.05, 4.69) is 9.62 Å². The number of sulfonamides is 1. The standard InChI is InChI=1S/C25H24FN3O5S/c1-17(30)18-5-8-21(9-6-18)28-11-13-29(14-12-28)24-10-7-19(25(31)32)15-23(24)27-35(33,34)22-4-2-3-20(26)16-22/h2-10,15-16,27H,11-14H2,1H3,(H,31,32). The normalized spacial score (nSPS) is 14.0. The van der Waals surface area contributed by atoms with Crippen LogP contribution in [0.1, 0.15) is 27.6 Å². The highest BCUT2D eigenvalue weighted by Gasteiger charge is 2.24. The summed E-state index contributed by atoms with van der Waals surface area (Å²) in [6.07, 6.45) is 0. The third-order valence-electron chi connectivity index (χ3n) is 5.85. The number of hydrogen-bond donors (Lipinski definition) is 2. The zero-order valence-electron chi connectivity index (χ0n) is 18.9. The minimum atomic E-state index is -4.15. The molecule has 8 nitrogen and oxygen atoms in total. The number of carboxylic acids is 1. The number of nitrogens with one attached hydrogen (secondary N) is 1. The summed E-state index contributed by atoms with van der Waals surface area (Å²) in [6, 6.07) is 16.2. The fourth-order valence-electron chi connectivity index (χ4n) is 3.98. The first-order valence-corrected chi connectivity index (χ1v) is 12.4. The Balaban J connectivity index is 1.57. The van der Waals surface area contributed by atoms with E-state index in [1.807, 2.05) is 17.0 Å². The molecule has 2 N–H and O–H groups in total. The van der Waals surface area contributed by atoms with Crippen molar-refractivity contribution in [2.45, 2.75) is 11.8 Å². The average molecular weight is 498 g/mol. The smallest absolute Gasteiger partial charge is 0.335 e. The third kappa shape index (κ3) is 5.43. The van der Waals surface area contributed by atoms with Gasteiger partial charge in [0, 0.05) is 37.4 Å². The molecule has 3 aromatic rings. The van der Waals surface area contributed by atoms with E-state index in [1.165, 1.54) is 31.2 Å². The first-order valence-electron chi connectivity index (χ1n) is 10.9. The van der Waals surface area contributed by atoms with Gasteiger partial charge in [-0.05, 0) is 67.6 Å². The van der Waals surface area contributed by atoms with Crippen LogP contribution < -0.4 is 14.5 Å². The van der Waals surface area contributed by atoms with Gasteiger partial charge in [-0.15, -0.1) is 0 Å². The van der Waals surface area contributed by atoms with E-state index in [0.29, 0.717) is 37.4 Å². The second-order valence-corrected chi connectivity index (χ2v) is 9.86. The van der Waals surface area contributed by atoms with Crippen LogP contribution in [0.5, 0.6) is 0 Å². The topological polar surface area (TPSA) is 107 Å². The predicted molar refractivity (Wildman–Crippen MR) is 131 cm³/mol. The summed E-state index contributed by atoms with van der Waals surface area (Å²) in [7, 11) is -4.15. The Morgan fingerprint density at radius 3 is 2.11 bits per heavy atom. The molecular formula is C25H24FN3O5S. The fourth-order valence-corrected chi connectivity index (χ4v) is 5.07. The van der Waals surface area contributed by atoms with E-state index in [-0.39, 0.29) is 21.9 Å². The van der Waals surface area contributed by atoms with E-state index in [0.717, 1.165) is 17.8 Å². The number of carbonyl (C=O) groups excluding carboxylic acids is 1. The third-order valence-corrected chi connectivity index (χ3v) is 7.22. The minimum Gasteiger partial charge on any atom is -0.478 e. The van der Waals surface area contributed by atoms with Crippen molar-refractivity contribution in [2.24, 2.45) is 0 Å². The maximum Gasteiger partial charge on any atom is 0.335 e. The summed E-state index contributed by atoms with van der Waals surface area (Å²) in [6.45, 7) is 3.89. The zero-order chi connectivity index (χ0) is 25.2. The number of nitrogens with zero attached hydrogens (tertiary/aromatic N) is 2. The Morgan fingerprint density at radius 1 is 0.886 bits per heavy atom. The van der Waals surface area contributed by atoms with Gasteiger partial charge >= 0.3 is 5.97 Å². The van der Waals surface area contributed by atoms with Gasteiger partial charge in [-0.1, -0.05) is 6.07 Å². The molecule has 1 heterocycles. The van der Waals surface area contributed by atoms with Crippen molar-refractivity contribution in [1.29, 1.82) is 0 Å². The second-order valence-electron chi connectivity index (χ2n) is 8.18. The van der Waals surface area contributed by atoms with Gasteiger partial charge < -0.3 is 14.9 Å². The van der Waals surface area contributed by atoms with Gasteiger partial charge in [0.1, 0.15) is 5.82 Å². The number of piperazine rings is 1. The molecule has 1 saturated heterocycles. The highest BCUT2D eigenvalue weighted by Crippen LogP contribution is 2.31. The number of aromatic carboxylic acids is 1. The van der Waals surface area contributed by atoms with E-state index in [9.17, 15) is 27.5 Å². The highest BCUT2D eigenvalue weighted by atomic mass is 32.2. The molecule has 0 atom stereocenters. The maximum absolute atomic E-state index is 13.6. The van der Waals surface area contributed by atoms with Crippen LogP contribution in [-0.4, -0.2) is 51.5 Å². The fraction of sp³-hybridized carbons (Fsp3) is 0.200. The Bertz CT molecular complexity index is 1370. The van der Waals surface area contributed by atoms with E-state index in [1.54, 1.807) is 18.2 Å². The number of carbonyl (C=O) groups is 2. The second kappa shape index (κ2) is 9.75. The van der Waals surface area contributed by atoms with Crippen LogP contribution in [0.2, 0.25) is 0 Å². The van der Waals surface area contributed by atoms with Crippen LogP contribution in [0.4, 0.5) is 21.5 Å². The maximum atomic E-state index is 13.6. The Kier molecular flexibility index (Phi) is 6.74. The summed E-state index contributed by atoms with van der Waals surface area (Å²) in [4.78, 5) is 26.9. The van der Waals surface area contributed by atoms with Gasteiger partial charge in [0.05, 0.1) is 21.8 Å². The lowest BCUT2D eigenvalue weighted by atomic mass is 10.1. The number of benzene rings is 3. The van der Waals surface area contributed by atoms with Crippen molar-refractivity contribution in [3.05, 3.63) is 83.7 Å². The number of Topliss-reactive ketones (excluding diaryl/α,β-unsaturated/α-hetero) is 1. The predicted octanol–water partition coefficient (Wildman–Crippen LogP) is 3.85. The molecule has 0 radical (unpaired) electrons. The summed E-state index contributed by atoms with van der Waals surface area (Å²) in [5.74, 6) is -1.89. The zero-order valence-corrected chi connectivity index (χ0v) is 19.8. The van der Waals surface area contributed by atoms with Gasteiger partial charge in [-0.2, -0.15) is 0 Å². The van der Waals surface area contributed by atoms with Crippen LogP contribution in [0.15, 0.2) is 71.6 Å². The van der Waals surface area contributed by atoms with Crippen LogP contribution in [0.3, 0.4) is 0 Å². The lowest BCUT2D eigenvalue weighted by molar-refractivity contribution is 0.0696. The van der Waals surface area contributed by atoms with Crippen molar-refractivity contribution in [2.75, 3.05) is 40.7 Å². The average Bonchev–Trinajstić information content (AvgIpc) is 2.84. The van der Waals surface area contributed by atoms with Crippen LogP contribution in [-0.2, 0) is 10.0 Å². The number of carboxylic acid groups (broad SMARTS) is 1. The molecule has 3 aromatic carbocycles. The molecular weight excluding hydrogens is 473 g/mol. The summed E-state index contributed by atoms with van der Waals surface area (Å²) >= 11 is 0. The SMILES string of the molecule is CC(=O)c1ccc(N2CCN(c3ccc(C(=O)O)cc3NS(=O)(=O)c3cccc(F)c3)CC2)cc1. The molecule has 1 aliphatic rings. The monoisotopic (exact) mass is 497 g/mol. The largest absolute Gasteiger partial charge is 0.478 e. The molecule has 0 unspecified atom stereocenters. The Labute approximate surface area is 202 Å². The number of ketones is 1. The summed E-state index contributed by atoms with van der Waals surface area (Å²) in [5, 5.41) is 9.41. The molecule has 0 spiro atoms. The van der Waals surface area contributed by atoms with E-state index in [4.69, 9.17) is 0 Å². The van der Waals surface area contributed by atoms with Crippen molar-refractivity contribution >= 4 is 38.8 Å². The molecule has 1 fully saturated rings. The van der Waals surface area contributed by atoms with Gasteiger partial charge in [0.15, 0.2) is 5.78 Å². The molecule has 1 aliphatic heterocycles. The van der Waals surface area contributed by atoms with Crippen molar-refractivity contribution < 1.29 is 27.5 Å². The lowest BCUT2D eigenvalue weighted by Gasteiger charge is -2.38. The Morgan fingerprint density at radius 2 is 1.51 bits per heavy atom. The summed E-state index contributed by atoms with van der Waals surface area (Å²) < 4.78 is 41.9. The van der Waals surface area contributed by atoms with Crippen LogP contribution >= 0.6 is 0 Å². The minimum absolute atomic E-state index is 0.000556. The van der Waals surface area contributed by atoms with Crippen LogP contribution in [0, 0.1) is 5.82 Å². The molecule has 182 valence electrons. The Hall–Kier alpha value is -3.92. The quantitative estimate of drug-likeness (QED) is 0.478. The molecule has 0 bridgehead atoms. The van der Waals surface area contributed by atoms with Crippen LogP contribution in [0.25, 0.3) is 0 Å². The molecule has 0 aromatic heterocycles. The molecule has 35 heavy (non-hydrogen) atoms. The summed E-state index contributed by atoms with van der Waals surface area (Å²) in [5.41, 5.74) is 2.17. The van der Waals surface area contributed by atoms with Crippen molar-refractivity contribution in [3.63, 3.8) is 0 Å². The highest BCUT2D eigenvalue weighted by molar-refractivity contribution is 7.92. The lowest BCUT2D eigenvalue weighted by Crippen LogP contribution is -2.46. The van der Waals surface area contributed by atoms with Gasteiger partial charge in [0.25, 0.3) is 10.0 Å². The number of hydrogen-bond acceptors (Lipinski definition) is 6. The number of halogens is 1. The first-order chi connectivity index (χ1) is 16.6. The number of anilines is 3. The molecule has 10 heteroatoms. The molecule has 0 amide bonds. The molecule has 0 saturated carbocycles. The molecule has 4 rings (SSSR count). The van der Waals surface area contributed by atoms with Gasteiger partial charge in [0.2, 0.25) is 0 Å². The van der Waals surface area contributed by atoms with Gasteiger partial charge in [-0.25, -0.2) is 17.6 Å². The van der Waals surface area contributed by atoms with E-state index >= 15 is 0 Å². The first kappa shape index (κ1) is 24.2. The molecule has 0 aliphatic carbocycles. The van der Waals surface area contributed by atoms with Crippen molar-refractivity contribution in [1.82, 2.24) is 0 Å². The van der Waals surface area contributed by atoms with Gasteiger partial charge in [-0.3, -0.25) is 9.52 Å². The van der Waals surface area contributed by atoms with E-state index < -0.39 is 21.8 Å². The number of rotatable bonds is 7. The van der Waals surface area contributed by atoms with Crippen molar-refractivity contribution in [3.8, 4) is 0 Å².